The largest absolute Gasteiger partial charge is 0.378 e. The van der Waals surface area contributed by atoms with Gasteiger partial charge >= 0.3 is 5.69 Å². The molecule has 0 saturated carbocycles. The molecule has 5 rings (SSSR count). The van der Waals surface area contributed by atoms with Gasteiger partial charge in [-0.05, 0) is 49.2 Å². The zero-order chi connectivity index (χ0) is 21.5. The van der Waals surface area contributed by atoms with Crippen molar-refractivity contribution in [3.8, 4) is 0 Å². The first-order valence-corrected chi connectivity index (χ1v) is 11.0. The van der Waals surface area contributed by atoms with Crippen LogP contribution in [0.5, 0.6) is 0 Å². The number of imidazole rings is 1. The Labute approximate surface area is 181 Å². The second-order valence-electron chi connectivity index (χ2n) is 8.89. The molecule has 0 atom stereocenters. The molecule has 1 amide bonds. The topological polar surface area (TPSA) is 64.6 Å². The molecule has 1 N–H and O–H groups in total. The molecule has 3 aromatic rings. The van der Waals surface area contributed by atoms with Gasteiger partial charge in [0, 0.05) is 63.6 Å². The van der Waals surface area contributed by atoms with Crippen molar-refractivity contribution in [1.82, 2.24) is 19.4 Å². The van der Waals surface area contributed by atoms with Gasteiger partial charge in [-0.25, -0.2) is 4.79 Å². The summed E-state index contributed by atoms with van der Waals surface area (Å²) < 4.78 is 1.93. The minimum absolute atomic E-state index is 0.0136. The van der Waals surface area contributed by atoms with E-state index in [0.29, 0.717) is 6.04 Å². The number of carbonyl (C=O) groups excluding carboxylic acids is 1. The van der Waals surface area contributed by atoms with Gasteiger partial charge in [0.2, 0.25) is 0 Å². The number of aromatic amines is 1. The first-order chi connectivity index (χ1) is 15.0. The summed E-state index contributed by atoms with van der Waals surface area (Å²) in [4.78, 5) is 34.7. The summed E-state index contributed by atoms with van der Waals surface area (Å²) in [7, 11) is 3.99. The number of rotatable bonds is 4. The smallest absolute Gasteiger partial charge is 0.326 e. The van der Waals surface area contributed by atoms with Crippen LogP contribution in [0.25, 0.3) is 11.0 Å². The lowest BCUT2D eigenvalue weighted by molar-refractivity contribution is 0.0153. The molecule has 7 heteroatoms. The lowest BCUT2D eigenvalue weighted by atomic mass is 9.98. The number of nitrogens with one attached hydrogen (secondary N) is 1. The van der Waals surface area contributed by atoms with E-state index in [4.69, 9.17) is 0 Å². The maximum absolute atomic E-state index is 12.8. The van der Waals surface area contributed by atoms with Crippen LogP contribution in [0.2, 0.25) is 0 Å². The average Bonchev–Trinajstić information content (AvgIpc) is 3.09. The number of benzene rings is 2. The Bertz CT molecular complexity index is 1130. The van der Waals surface area contributed by atoms with Crippen LogP contribution in [0.1, 0.15) is 29.2 Å². The Hall–Kier alpha value is -3.06. The van der Waals surface area contributed by atoms with E-state index in [9.17, 15) is 9.59 Å². The van der Waals surface area contributed by atoms with E-state index >= 15 is 0 Å². The van der Waals surface area contributed by atoms with Crippen molar-refractivity contribution in [2.24, 2.45) is 0 Å². The maximum Gasteiger partial charge on any atom is 0.326 e. The Morgan fingerprint density at radius 3 is 2.32 bits per heavy atom. The fourth-order valence-corrected chi connectivity index (χ4v) is 4.88. The Kier molecular flexibility index (Phi) is 5.06. The summed E-state index contributed by atoms with van der Waals surface area (Å²) in [5.74, 6) is 0.113. The third-order valence-corrected chi connectivity index (χ3v) is 6.78. The molecule has 0 unspecified atom stereocenters. The van der Waals surface area contributed by atoms with Crippen LogP contribution in [-0.2, 0) is 0 Å². The normalized spacial score (nSPS) is 18.3. The highest BCUT2D eigenvalue weighted by atomic mass is 16.2. The van der Waals surface area contributed by atoms with Crippen LogP contribution in [0, 0.1) is 0 Å². The highest BCUT2D eigenvalue weighted by molar-refractivity contribution is 5.95. The minimum atomic E-state index is -0.0136. The summed E-state index contributed by atoms with van der Waals surface area (Å²) in [6.07, 6.45) is 1.91. The zero-order valence-corrected chi connectivity index (χ0v) is 18.1. The van der Waals surface area contributed by atoms with Crippen LogP contribution in [0.3, 0.4) is 0 Å². The van der Waals surface area contributed by atoms with Gasteiger partial charge in [0.15, 0.2) is 0 Å². The van der Waals surface area contributed by atoms with Crippen molar-refractivity contribution in [3.63, 3.8) is 0 Å². The van der Waals surface area contributed by atoms with E-state index in [1.54, 1.807) is 0 Å². The molecular weight excluding hydrogens is 390 g/mol. The highest BCUT2D eigenvalue weighted by Gasteiger charge is 2.37. The van der Waals surface area contributed by atoms with Gasteiger partial charge in [-0.15, -0.1) is 0 Å². The molecule has 2 aliphatic heterocycles. The van der Waals surface area contributed by atoms with Crippen molar-refractivity contribution in [1.29, 1.82) is 0 Å². The number of nitrogens with zero attached hydrogens (tertiary/aromatic N) is 4. The highest BCUT2D eigenvalue weighted by Crippen LogP contribution is 2.28. The summed E-state index contributed by atoms with van der Waals surface area (Å²) in [5, 5.41) is 0. The van der Waals surface area contributed by atoms with E-state index in [1.165, 1.54) is 0 Å². The van der Waals surface area contributed by atoms with E-state index in [0.717, 1.165) is 61.3 Å². The number of anilines is 1. The molecule has 0 spiro atoms. The monoisotopic (exact) mass is 419 g/mol. The summed E-state index contributed by atoms with van der Waals surface area (Å²) in [5.41, 5.74) is 3.73. The van der Waals surface area contributed by atoms with Gasteiger partial charge in [-0.1, -0.05) is 12.1 Å². The van der Waals surface area contributed by atoms with Crippen molar-refractivity contribution in [2.75, 3.05) is 45.2 Å². The van der Waals surface area contributed by atoms with Gasteiger partial charge in [-0.3, -0.25) is 14.3 Å². The molecular formula is C24H29N5O2. The Balaban J connectivity index is 1.17. The van der Waals surface area contributed by atoms with Crippen LogP contribution in [0.4, 0.5) is 5.69 Å². The molecule has 162 valence electrons. The molecule has 2 fully saturated rings. The summed E-state index contributed by atoms with van der Waals surface area (Å²) in [6.45, 7) is 3.49. The average molecular weight is 420 g/mol. The van der Waals surface area contributed by atoms with Crippen LogP contribution >= 0.6 is 0 Å². The molecule has 3 heterocycles. The lowest BCUT2D eigenvalue weighted by Crippen LogP contribution is -2.62. The lowest BCUT2D eigenvalue weighted by Gasteiger charge is -2.47. The third kappa shape index (κ3) is 3.63. The van der Waals surface area contributed by atoms with E-state index < -0.39 is 0 Å². The predicted molar refractivity (Wildman–Crippen MR) is 123 cm³/mol. The van der Waals surface area contributed by atoms with Crippen molar-refractivity contribution < 1.29 is 4.79 Å². The fraction of sp³-hybridized carbons (Fsp3) is 0.417. The minimum Gasteiger partial charge on any atom is -0.378 e. The van der Waals surface area contributed by atoms with E-state index in [1.807, 2.05) is 77.0 Å². The van der Waals surface area contributed by atoms with Gasteiger partial charge in [0.05, 0.1) is 11.0 Å². The van der Waals surface area contributed by atoms with Crippen LogP contribution in [0.15, 0.2) is 53.3 Å². The number of likely N-dealkylation sites (tertiary alicyclic amines) is 2. The van der Waals surface area contributed by atoms with Gasteiger partial charge in [0.25, 0.3) is 5.91 Å². The van der Waals surface area contributed by atoms with Crippen molar-refractivity contribution in [2.45, 2.75) is 24.9 Å². The molecule has 31 heavy (non-hydrogen) atoms. The third-order valence-electron chi connectivity index (χ3n) is 6.78. The van der Waals surface area contributed by atoms with E-state index in [2.05, 4.69) is 9.88 Å². The Morgan fingerprint density at radius 2 is 1.65 bits per heavy atom. The number of amides is 1. The van der Waals surface area contributed by atoms with Crippen molar-refractivity contribution in [3.05, 3.63) is 64.6 Å². The molecule has 7 nitrogen and oxygen atoms in total. The molecule has 1 aromatic heterocycles. The fourth-order valence-electron chi connectivity index (χ4n) is 4.88. The summed E-state index contributed by atoms with van der Waals surface area (Å²) in [6, 6.07) is 16.4. The number of hydrogen-bond acceptors (Lipinski definition) is 4. The number of H-pyrrole nitrogens is 1. The standard InChI is InChI=1S/C24H29N5O2/c1-26(2)18-9-7-17(8-10-18)23(30)28-15-20(16-28)27-13-11-19(12-14-27)29-22-6-4-3-5-21(22)25-24(29)31/h3-10,19-20H,11-16H2,1-2H3,(H,25,31). The van der Waals surface area contributed by atoms with Gasteiger partial charge < -0.3 is 14.8 Å². The number of fused-ring (bicyclic) bond motifs is 1. The summed E-state index contributed by atoms with van der Waals surface area (Å²) >= 11 is 0. The first kappa shape index (κ1) is 19.9. The molecule has 2 aliphatic rings. The molecule has 0 aliphatic carbocycles. The zero-order valence-electron chi connectivity index (χ0n) is 18.1. The number of carbonyl (C=O) groups is 1. The van der Waals surface area contributed by atoms with E-state index in [-0.39, 0.29) is 17.6 Å². The Morgan fingerprint density at radius 1 is 0.968 bits per heavy atom. The second kappa shape index (κ2) is 7.89. The van der Waals surface area contributed by atoms with Crippen LogP contribution < -0.4 is 10.6 Å². The molecule has 2 saturated heterocycles. The van der Waals surface area contributed by atoms with Gasteiger partial charge in [-0.2, -0.15) is 0 Å². The maximum atomic E-state index is 12.8. The number of para-hydroxylation sites is 2. The van der Waals surface area contributed by atoms with Crippen LogP contribution in [-0.4, -0.2) is 71.6 Å². The predicted octanol–water partition coefficient (Wildman–Crippen LogP) is 2.56. The first-order valence-electron chi connectivity index (χ1n) is 11.0. The SMILES string of the molecule is CN(C)c1ccc(C(=O)N2CC(N3CCC(n4c(=O)[nH]c5ccccc54)CC3)C2)cc1. The van der Waals surface area contributed by atoms with Gasteiger partial charge in [0.1, 0.15) is 0 Å². The number of hydrogen-bond donors (Lipinski definition) is 1. The van der Waals surface area contributed by atoms with Crippen molar-refractivity contribution >= 4 is 22.6 Å². The second-order valence-corrected chi connectivity index (χ2v) is 8.89. The molecule has 0 bridgehead atoms. The molecule has 2 aromatic carbocycles. The molecule has 0 radical (unpaired) electrons. The number of piperidine rings is 1. The quantitative estimate of drug-likeness (QED) is 0.706. The number of aromatic nitrogens is 2.